The summed E-state index contributed by atoms with van der Waals surface area (Å²) in [5.41, 5.74) is 11.5. The molecular weight excluding hydrogens is 210 g/mol. The first-order valence-corrected chi connectivity index (χ1v) is 6.01. The van der Waals surface area contributed by atoms with E-state index in [1.807, 2.05) is 12.3 Å². The van der Waals surface area contributed by atoms with Crippen molar-refractivity contribution in [2.75, 3.05) is 5.73 Å². The van der Waals surface area contributed by atoms with E-state index in [1.54, 1.807) is 0 Å². The fraction of sp³-hybridized carbons (Fsp3) is 0.500. The lowest BCUT2D eigenvalue weighted by molar-refractivity contribution is 0.404. The molecule has 92 valence electrons. The predicted molar refractivity (Wildman–Crippen MR) is 72.2 cm³/mol. The quantitative estimate of drug-likeness (QED) is 0.819. The van der Waals surface area contributed by atoms with Gasteiger partial charge in [-0.1, -0.05) is 20.8 Å². The highest BCUT2D eigenvalue weighted by Crippen LogP contribution is 2.25. The van der Waals surface area contributed by atoms with Crippen molar-refractivity contribution in [2.24, 2.45) is 5.41 Å². The van der Waals surface area contributed by atoms with E-state index in [0.717, 1.165) is 29.0 Å². The molecule has 0 saturated heterocycles. The van der Waals surface area contributed by atoms with Crippen LogP contribution >= 0.6 is 0 Å². The summed E-state index contributed by atoms with van der Waals surface area (Å²) in [7, 11) is 0. The number of hydrogen-bond acceptors (Lipinski definition) is 2. The number of rotatable bonds is 1. The zero-order valence-electron chi connectivity index (χ0n) is 11.3. The van der Waals surface area contributed by atoms with Crippen molar-refractivity contribution in [3.8, 4) is 0 Å². The van der Waals surface area contributed by atoms with Crippen molar-refractivity contribution >= 4 is 11.3 Å². The second kappa shape index (κ2) is 3.76. The number of fused-ring (bicyclic) bond motifs is 1. The standard InChI is InChI=1S/C14H21N3/c1-9-6-11(15)8-17-12(7-14(3,4)5)10(2)16-13(9)17/h6,8H,7,15H2,1-5H3. The van der Waals surface area contributed by atoms with Crippen molar-refractivity contribution in [1.29, 1.82) is 0 Å². The summed E-state index contributed by atoms with van der Waals surface area (Å²) in [6.45, 7) is 10.9. The third-order valence-electron chi connectivity index (χ3n) is 2.92. The Balaban J connectivity index is 2.66. The lowest BCUT2D eigenvalue weighted by Crippen LogP contribution is -2.12. The molecule has 3 nitrogen and oxygen atoms in total. The first-order valence-electron chi connectivity index (χ1n) is 6.01. The van der Waals surface area contributed by atoms with Gasteiger partial charge in [-0.3, -0.25) is 0 Å². The van der Waals surface area contributed by atoms with Crippen LogP contribution in [0.2, 0.25) is 0 Å². The number of imidazole rings is 1. The first-order chi connectivity index (χ1) is 7.78. The van der Waals surface area contributed by atoms with E-state index in [0.29, 0.717) is 0 Å². The minimum absolute atomic E-state index is 0.249. The Labute approximate surface area is 103 Å². The Morgan fingerprint density at radius 1 is 1.29 bits per heavy atom. The number of aryl methyl sites for hydroxylation is 2. The topological polar surface area (TPSA) is 43.3 Å². The number of nitrogens with zero attached hydrogens (tertiary/aromatic N) is 2. The molecule has 0 aromatic carbocycles. The van der Waals surface area contributed by atoms with Gasteiger partial charge in [-0.15, -0.1) is 0 Å². The number of anilines is 1. The molecule has 0 unspecified atom stereocenters. The molecule has 0 radical (unpaired) electrons. The number of nitrogens with two attached hydrogens (primary N) is 1. The van der Waals surface area contributed by atoms with Gasteiger partial charge < -0.3 is 10.1 Å². The van der Waals surface area contributed by atoms with Crippen LogP contribution in [0.3, 0.4) is 0 Å². The molecule has 0 aliphatic heterocycles. The van der Waals surface area contributed by atoms with Crippen LogP contribution in [0.25, 0.3) is 5.65 Å². The Morgan fingerprint density at radius 3 is 2.53 bits per heavy atom. The number of hydrogen-bond donors (Lipinski definition) is 1. The number of aromatic nitrogens is 2. The molecule has 2 aromatic rings. The molecule has 17 heavy (non-hydrogen) atoms. The monoisotopic (exact) mass is 231 g/mol. The van der Waals surface area contributed by atoms with Gasteiger partial charge in [0.05, 0.1) is 5.69 Å². The Hall–Kier alpha value is -1.51. The van der Waals surface area contributed by atoms with E-state index in [4.69, 9.17) is 5.73 Å². The second-order valence-electron chi connectivity index (χ2n) is 6.03. The molecule has 0 fully saturated rings. The van der Waals surface area contributed by atoms with Crippen LogP contribution in [0.1, 0.15) is 37.7 Å². The van der Waals surface area contributed by atoms with Crippen molar-refractivity contribution in [3.63, 3.8) is 0 Å². The second-order valence-corrected chi connectivity index (χ2v) is 6.03. The van der Waals surface area contributed by atoms with E-state index in [-0.39, 0.29) is 5.41 Å². The van der Waals surface area contributed by atoms with Gasteiger partial charge in [-0.2, -0.15) is 0 Å². The van der Waals surface area contributed by atoms with Gasteiger partial charge in [0.1, 0.15) is 5.65 Å². The van der Waals surface area contributed by atoms with Gasteiger partial charge in [0, 0.05) is 17.6 Å². The molecule has 2 heterocycles. The average molecular weight is 231 g/mol. The normalized spacial score (nSPS) is 12.3. The van der Waals surface area contributed by atoms with Crippen molar-refractivity contribution in [3.05, 3.63) is 29.2 Å². The summed E-state index contributed by atoms with van der Waals surface area (Å²) in [4.78, 5) is 4.65. The predicted octanol–water partition coefficient (Wildman–Crippen LogP) is 3.12. The van der Waals surface area contributed by atoms with Gasteiger partial charge in [0.25, 0.3) is 0 Å². The molecular formula is C14H21N3. The molecule has 0 atom stereocenters. The van der Waals surface area contributed by atoms with E-state index in [1.165, 1.54) is 5.69 Å². The summed E-state index contributed by atoms with van der Waals surface area (Å²) in [6, 6.07) is 1.97. The maximum atomic E-state index is 5.92. The fourth-order valence-corrected chi connectivity index (χ4v) is 2.21. The summed E-state index contributed by atoms with van der Waals surface area (Å²) < 4.78 is 2.14. The lowest BCUT2D eigenvalue weighted by atomic mass is 9.90. The minimum Gasteiger partial charge on any atom is -0.398 e. The number of pyridine rings is 1. The first kappa shape index (κ1) is 12.0. The summed E-state index contributed by atoms with van der Waals surface area (Å²) in [6.07, 6.45) is 2.98. The van der Waals surface area contributed by atoms with Gasteiger partial charge in [0.15, 0.2) is 0 Å². The van der Waals surface area contributed by atoms with E-state index >= 15 is 0 Å². The third-order valence-corrected chi connectivity index (χ3v) is 2.92. The molecule has 0 spiro atoms. The zero-order valence-corrected chi connectivity index (χ0v) is 11.3. The van der Waals surface area contributed by atoms with E-state index < -0.39 is 0 Å². The molecule has 0 amide bonds. The zero-order chi connectivity index (χ0) is 12.8. The maximum Gasteiger partial charge on any atom is 0.140 e. The lowest BCUT2D eigenvalue weighted by Gasteiger charge is -2.18. The average Bonchev–Trinajstić information content (AvgIpc) is 2.43. The summed E-state index contributed by atoms with van der Waals surface area (Å²) in [5, 5.41) is 0. The minimum atomic E-state index is 0.249. The van der Waals surface area contributed by atoms with Crippen molar-refractivity contribution < 1.29 is 0 Å². The largest absolute Gasteiger partial charge is 0.398 e. The van der Waals surface area contributed by atoms with Crippen molar-refractivity contribution in [2.45, 2.75) is 41.0 Å². The van der Waals surface area contributed by atoms with Gasteiger partial charge in [-0.05, 0) is 37.3 Å². The number of nitrogen functional groups attached to an aromatic ring is 1. The van der Waals surface area contributed by atoms with Gasteiger partial charge in [0.2, 0.25) is 0 Å². The van der Waals surface area contributed by atoms with Crippen LogP contribution in [0.4, 0.5) is 5.69 Å². The third kappa shape index (κ3) is 2.28. The van der Waals surface area contributed by atoms with Crippen LogP contribution in [0.5, 0.6) is 0 Å². The fourth-order valence-electron chi connectivity index (χ4n) is 2.21. The van der Waals surface area contributed by atoms with Crippen LogP contribution in [0, 0.1) is 19.3 Å². The molecule has 0 aliphatic rings. The van der Waals surface area contributed by atoms with E-state index in [2.05, 4.69) is 44.0 Å². The molecule has 3 heteroatoms. The summed E-state index contributed by atoms with van der Waals surface area (Å²) in [5.74, 6) is 0. The molecule has 2 rings (SSSR count). The van der Waals surface area contributed by atoms with Gasteiger partial charge in [-0.25, -0.2) is 4.98 Å². The molecule has 2 N–H and O–H groups in total. The van der Waals surface area contributed by atoms with Crippen LogP contribution < -0.4 is 5.73 Å². The van der Waals surface area contributed by atoms with Gasteiger partial charge >= 0.3 is 0 Å². The highest BCUT2D eigenvalue weighted by Gasteiger charge is 2.18. The van der Waals surface area contributed by atoms with Crippen LogP contribution in [-0.4, -0.2) is 9.38 Å². The SMILES string of the molecule is Cc1nc2c(C)cc(N)cn2c1CC(C)(C)C. The Kier molecular flexibility index (Phi) is 2.64. The molecule has 2 aromatic heterocycles. The van der Waals surface area contributed by atoms with Crippen LogP contribution in [0.15, 0.2) is 12.3 Å². The smallest absolute Gasteiger partial charge is 0.140 e. The Bertz CT molecular complexity index is 559. The molecule has 0 aliphatic carbocycles. The highest BCUT2D eigenvalue weighted by molar-refractivity contribution is 5.56. The van der Waals surface area contributed by atoms with Crippen molar-refractivity contribution in [1.82, 2.24) is 9.38 Å². The molecule has 0 bridgehead atoms. The van der Waals surface area contributed by atoms with Crippen LogP contribution in [-0.2, 0) is 6.42 Å². The summed E-state index contributed by atoms with van der Waals surface area (Å²) >= 11 is 0. The maximum absolute atomic E-state index is 5.92. The Morgan fingerprint density at radius 2 is 1.94 bits per heavy atom. The molecule has 0 saturated carbocycles. The highest BCUT2D eigenvalue weighted by atomic mass is 15.0. The van der Waals surface area contributed by atoms with E-state index in [9.17, 15) is 0 Å².